The Morgan fingerprint density at radius 3 is 1.37 bits per heavy atom. The molecule has 0 nitrogen and oxygen atoms in total. The van der Waals surface area contributed by atoms with Crippen molar-refractivity contribution in [2.45, 2.75) is 12.8 Å². The van der Waals surface area contributed by atoms with Gasteiger partial charge in [-0.3, -0.25) is 0 Å². The van der Waals surface area contributed by atoms with E-state index in [0.29, 0.717) is 0 Å². The molecule has 0 unspecified atom stereocenters. The molecular formula is C18H14S. The van der Waals surface area contributed by atoms with Crippen LogP contribution in [0.25, 0.3) is 20.9 Å². The van der Waals surface area contributed by atoms with Crippen molar-refractivity contribution in [1.82, 2.24) is 0 Å². The molecule has 19 heavy (non-hydrogen) atoms. The largest absolute Gasteiger partial charge is 0.135 e. The lowest BCUT2D eigenvalue weighted by atomic mass is 9.86. The summed E-state index contributed by atoms with van der Waals surface area (Å²) in [5, 5.41) is 0. The summed E-state index contributed by atoms with van der Waals surface area (Å²) in [6.07, 6.45) is 2.48. The van der Waals surface area contributed by atoms with Gasteiger partial charge >= 0.3 is 0 Å². The first-order chi connectivity index (χ1) is 9.43. The molecule has 1 aromatic heterocycles. The molecule has 0 amide bonds. The molecule has 0 fully saturated rings. The Bertz CT molecular complexity index is 646. The van der Waals surface area contributed by atoms with E-state index in [1.165, 1.54) is 33.7 Å². The summed E-state index contributed by atoms with van der Waals surface area (Å²) in [6.45, 7) is 0. The lowest BCUT2D eigenvalue weighted by molar-refractivity contribution is 0.857. The number of benzene rings is 2. The van der Waals surface area contributed by atoms with Crippen molar-refractivity contribution in [3.63, 3.8) is 0 Å². The van der Waals surface area contributed by atoms with Crippen molar-refractivity contribution < 1.29 is 0 Å². The summed E-state index contributed by atoms with van der Waals surface area (Å²) in [7, 11) is 0. The third kappa shape index (κ3) is 1.73. The summed E-state index contributed by atoms with van der Waals surface area (Å²) in [4.78, 5) is 2.95. The molecule has 0 bridgehead atoms. The van der Waals surface area contributed by atoms with Gasteiger partial charge in [0.05, 0.1) is 0 Å². The topological polar surface area (TPSA) is 0 Å². The third-order valence-electron chi connectivity index (χ3n) is 3.81. The van der Waals surface area contributed by atoms with Crippen LogP contribution in [0.15, 0.2) is 60.7 Å². The maximum atomic E-state index is 2.22. The average molecular weight is 262 g/mol. The van der Waals surface area contributed by atoms with Crippen LogP contribution in [-0.2, 0) is 12.8 Å². The highest BCUT2D eigenvalue weighted by molar-refractivity contribution is 7.19. The van der Waals surface area contributed by atoms with Crippen molar-refractivity contribution in [2.75, 3.05) is 0 Å². The average Bonchev–Trinajstić information content (AvgIpc) is 2.72. The molecule has 0 radical (unpaired) electrons. The number of hydrogen-bond donors (Lipinski definition) is 0. The minimum Gasteiger partial charge on any atom is -0.135 e. The Labute approximate surface area is 117 Å². The lowest BCUT2D eigenvalue weighted by Gasteiger charge is -2.17. The van der Waals surface area contributed by atoms with Crippen LogP contribution in [0.4, 0.5) is 0 Å². The van der Waals surface area contributed by atoms with Crippen LogP contribution in [-0.4, -0.2) is 0 Å². The van der Waals surface area contributed by atoms with Gasteiger partial charge in [0.1, 0.15) is 0 Å². The first kappa shape index (κ1) is 11.0. The van der Waals surface area contributed by atoms with Gasteiger partial charge in [-0.1, -0.05) is 60.7 Å². The van der Waals surface area contributed by atoms with Gasteiger partial charge in [-0.2, -0.15) is 0 Å². The molecule has 0 spiro atoms. The van der Waals surface area contributed by atoms with E-state index in [1.807, 2.05) is 11.3 Å². The van der Waals surface area contributed by atoms with E-state index in [-0.39, 0.29) is 0 Å². The first-order valence-electron chi connectivity index (χ1n) is 6.69. The smallest absolute Gasteiger partial charge is 0.0384 e. The molecule has 1 heteroatoms. The summed E-state index contributed by atoms with van der Waals surface area (Å²) in [6, 6.07) is 21.6. The number of fused-ring (bicyclic) bond motifs is 1. The van der Waals surface area contributed by atoms with Gasteiger partial charge in [0, 0.05) is 9.75 Å². The normalized spacial score (nSPS) is 12.8. The Hall–Kier alpha value is -1.86. The fourth-order valence-corrected chi connectivity index (χ4v) is 4.16. The van der Waals surface area contributed by atoms with E-state index in [1.54, 1.807) is 11.1 Å². The molecule has 92 valence electrons. The highest BCUT2D eigenvalue weighted by atomic mass is 32.1. The van der Waals surface area contributed by atoms with Crippen molar-refractivity contribution in [3.8, 4) is 20.9 Å². The fourth-order valence-electron chi connectivity index (χ4n) is 2.75. The van der Waals surface area contributed by atoms with Crippen LogP contribution in [0.2, 0.25) is 0 Å². The molecule has 1 heterocycles. The SMILES string of the molecule is c1ccc(-c2sc(-c3ccccc3)c3c2CC3)cc1. The van der Waals surface area contributed by atoms with E-state index < -0.39 is 0 Å². The molecule has 2 aromatic carbocycles. The Morgan fingerprint density at radius 2 is 1.00 bits per heavy atom. The molecular weight excluding hydrogens is 248 g/mol. The Morgan fingerprint density at radius 1 is 0.579 bits per heavy atom. The van der Waals surface area contributed by atoms with Crippen molar-refractivity contribution in [1.29, 1.82) is 0 Å². The molecule has 0 saturated heterocycles. The maximum Gasteiger partial charge on any atom is 0.0384 e. The lowest BCUT2D eigenvalue weighted by Crippen LogP contribution is -2.06. The highest BCUT2D eigenvalue weighted by Gasteiger charge is 2.25. The second-order valence-corrected chi connectivity index (χ2v) is 5.97. The van der Waals surface area contributed by atoms with Crippen LogP contribution in [0, 0.1) is 0 Å². The minimum atomic E-state index is 1.24. The monoisotopic (exact) mass is 262 g/mol. The van der Waals surface area contributed by atoms with Crippen LogP contribution < -0.4 is 0 Å². The summed E-state index contributed by atoms with van der Waals surface area (Å²) < 4.78 is 0. The number of rotatable bonds is 2. The molecule has 4 rings (SSSR count). The Balaban J connectivity index is 1.89. The van der Waals surface area contributed by atoms with E-state index in [2.05, 4.69) is 60.7 Å². The second kappa shape index (κ2) is 4.36. The van der Waals surface area contributed by atoms with Gasteiger partial charge in [-0.25, -0.2) is 0 Å². The van der Waals surface area contributed by atoms with Gasteiger partial charge < -0.3 is 0 Å². The molecule has 0 atom stereocenters. The zero-order valence-corrected chi connectivity index (χ0v) is 11.4. The Kier molecular flexibility index (Phi) is 2.52. The molecule has 1 aliphatic rings. The minimum absolute atomic E-state index is 1.24. The molecule has 0 saturated carbocycles. The maximum absolute atomic E-state index is 2.22. The zero-order chi connectivity index (χ0) is 12.7. The van der Waals surface area contributed by atoms with Gasteiger partial charge in [0.15, 0.2) is 0 Å². The summed E-state index contributed by atoms with van der Waals surface area (Å²) >= 11 is 1.95. The quantitative estimate of drug-likeness (QED) is 0.597. The van der Waals surface area contributed by atoms with Crippen molar-refractivity contribution in [3.05, 3.63) is 71.8 Å². The van der Waals surface area contributed by atoms with Gasteiger partial charge in [-0.15, -0.1) is 11.3 Å². The zero-order valence-electron chi connectivity index (χ0n) is 10.6. The molecule has 3 aromatic rings. The standard InChI is InChI=1S/C18H14S/c1-3-7-13(8-4-1)17-15-11-12-16(15)18(19-17)14-9-5-2-6-10-14/h1-10H,11-12H2. The number of hydrogen-bond acceptors (Lipinski definition) is 1. The van der Waals surface area contributed by atoms with Crippen molar-refractivity contribution in [2.24, 2.45) is 0 Å². The third-order valence-corrected chi connectivity index (χ3v) is 5.19. The summed E-state index contributed by atoms with van der Waals surface area (Å²) in [5.41, 5.74) is 5.89. The van der Waals surface area contributed by atoms with Gasteiger partial charge in [-0.05, 0) is 35.1 Å². The predicted octanol–water partition coefficient (Wildman–Crippen LogP) is 5.18. The van der Waals surface area contributed by atoms with Crippen LogP contribution in [0.5, 0.6) is 0 Å². The van der Waals surface area contributed by atoms with E-state index in [4.69, 9.17) is 0 Å². The van der Waals surface area contributed by atoms with E-state index >= 15 is 0 Å². The molecule has 0 N–H and O–H groups in total. The fraction of sp³-hybridized carbons (Fsp3) is 0.111. The van der Waals surface area contributed by atoms with Crippen LogP contribution in [0.1, 0.15) is 11.1 Å². The van der Waals surface area contributed by atoms with Gasteiger partial charge in [0.2, 0.25) is 0 Å². The van der Waals surface area contributed by atoms with E-state index in [9.17, 15) is 0 Å². The molecule has 1 aliphatic carbocycles. The summed E-state index contributed by atoms with van der Waals surface area (Å²) in [5.74, 6) is 0. The van der Waals surface area contributed by atoms with Crippen molar-refractivity contribution >= 4 is 11.3 Å². The first-order valence-corrected chi connectivity index (χ1v) is 7.50. The second-order valence-electron chi connectivity index (χ2n) is 4.95. The molecule has 0 aliphatic heterocycles. The predicted molar refractivity (Wildman–Crippen MR) is 82.6 cm³/mol. The highest BCUT2D eigenvalue weighted by Crippen LogP contribution is 2.47. The number of thiophene rings is 1. The van der Waals surface area contributed by atoms with Gasteiger partial charge in [0.25, 0.3) is 0 Å². The van der Waals surface area contributed by atoms with Crippen LogP contribution >= 0.6 is 11.3 Å². The van der Waals surface area contributed by atoms with E-state index in [0.717, 1.165) is 0 Å². The van der Waals surface area contributed by atoms with Crippen LogP contribution in [0.3, 0.4) is 0 Å².